The van der Waals surface area contributed by atoms with Crippen molar-refractivity contribution in [2.75, 3.05) is 0 Å². The molecule has 1 N–H and O–H groups in total. The number of carbonyl (C=O) groups is 1. The lowest BCUT2D eigenvalue weighted by Gasteiger charge is -2.43. The monoisotopic (exact) mass is 283 g/mol. The van der Waals surface area contributed by atoms with E-state index in [1.165, 1.54) is 12.0 Å². The molecule has 0 unspecified atom stereocenters. The molecule has 0 atom stereocenters. The zero-order valence-electron chi connectivity index (χ0n) is 12.4. The lowest BCUT2D eigenvalue weighted by atomic mass is 9.71. The molecule has 0 aliphatic heterocycles. The summed E-state index contributed by atoms with van der Waals surface area (Å²) in [5.41, 5.74) is 2.20. The number of hydrogen-bond donors (Lipinski definition) is 1. The first-order valence-electron chi connectivity index (χ1n) is 7.54. The van der Waals surface area contributed by atoms with Crippen molar-refractivity contribution in [1.29, 1.82) is 0 Å². The van der Waals surface area contributed by atoms with Gasteiger partial charge in [0, 0.05) is 19.2 Å². The molecule has 1 aliphatic carbocycles. The first kappa shape index (κ1) is 13.9. The van der Waals surface area contributed by atoms with E-state index in [4.69, 9.17) is 0 Å². The SMILES string of the molecule is Cc1cnn(CCC(=O)NC2(c3ccccc3)CCC2)c1. The third-order valence-corrected chi connectivity index (χ3v) is 4.24. The highest BCUT2D eigenvalue weighted by molar-refractivity contribution is 5.77. The van der Waals surface area contributed by atoms with Crippen molar-refractivity contribution in [2.45, 2.75) is 44.7 Å². The van der Waals surface area contributed by atoms with E-state index in [-0.39, 0.29) is 11.4 Å². The molecule has 1 heterocycles. The van der Waals surface area contributed by atoms with Gasteiger partial charge in [0.15, 0.2) is 0 Å². The summed E-state index contributed by atoms with van der Waals surface area (Å²) in [5.74, 6) is 0.103. The molecule has 1 fully saturated rings. The summed E-state index contributed by atoms with van der Waals surface area (Å²) in [4.78, 5) is 12.3. The predicted molar refractivity (Wildman–Crippen MR) is 81.7 cm³/mol. The summed E-state index contributed by atoms with van der Waals surface area (Å²) < 4.78 is 1.82. The van der Waals surface area contributed by atoms with Crippen molar-refractivity contribution in [2.24, 2.45) is 0 Å². The molecule has 1 aromatic carbocycles. The van der Waals surface area contributed by atoms with Gasteiger partial charge in [-0.15, -0.1) is 0 Å². The molecule has 0 saturated heterocycles. The fourth-order valence-corrected chi connectivity index (χ4v) is 2.91. The number of aryl methyl sites for hydroxylation is 2. The number of hydrogen-bond acceptors (Lipinski definition) is 2. The predicted octanol–water partition coefficient (Wildman–Crippen LogP) is 2.78. The number of rotatable bonds is 5. The van der Waals surface area contributed by atoms with E-state index in [0.717, 1.165) is 18.4 Å². The fraction of sp³-hybridized carbons (Fsp3) is 0.412. The van der Waals surface area contributed by atoms with Gasteiger partial charge >= 0.3 is 0 Å². The largest absolute Gasteiger partial charge is 0.347 e. The van der Waals surface area contributed by atoms with E-state index >= 15 is 0 Å². The Morgan fingerprint density at radius 1 is 1.33 bits per heavy atom. The molecule has 3 rings (SSSR count). The van der Waals surface area contributed by atoms with Gasteiger partial charge in [-0.1, -0.05) is 30.3 Å². The topological polar surface area (TPSA) is 46.9 Å². The molecule has 0 spiro atoms. The lowest BCUT2D eigenvalue weighted by molar-refractivity contribution is -0.124. The lowest BCUT2D eigenvalue weighted by Crippen LogP contribution is -2.50. The van der Waals surface area contributed by atoms with E-state index < -0.39 is 0 Å². The van der Waals surface area contributed by atoms with E-state index in [0.29, 0.717) is 13.0 Å². The Bertz CT molecular complexity index is 614. The van der Waals surface area contributed by atoms with Crippen LogP contribution in [0, 0.1) is 6.92 Å². The highest BCUT2D eigenvalue weighted by Gasteiger charge is 2.39. The second-order valence-corrected chi connectivity index (χ2v) is 5.88. The number of amides is 1. The van der Waals surface area contributed by atoms with Gasteiger partial charge in [0.1, 0.15) is 0 Å². The molecule has 1 aliphatic rings. The average molecular weight is 283 g/mol. The normalized spacial score (nSPS) is 16.2. The highest BCUT2D eigenvalue weighted by atomic mass is 16.1. The highest BCUT2D eigenvalue weighted by Crippen LogP contribution is 2.41. The number of nitrogens with zero attached hydrogens (tertiary/aromatic N) is 2. The van der Waals surface area contributed by atoms with E-state index in [2.05, 4.69) is 22.5 Å². The van der Waals surface area contributed by atoms with Crippen LogP contribution >= 0.6 is 0 Å². The molecule has 110 valence electrons. The number of carbonyl (C=O) groups excluding carboxylic acids is 1. The standard InChI is InChI=1S/C17H21N3O/c1-14-12-18-20(13-14)11-8-16(21)19-17(9-5-10-17)15-6-3-2-4-7-15/h2-4,6-7,12-13H,5,8-11H2,1H3,(H,19,21). The van der Waals surface area contributed by atoms with Gasteiger partial charge in [-0.25, -0.2) is 0 Å². The molecule has 1 aromatic heterocycles. The van der Waals surface area contributed by atoms with Gasteiger partial charge in [0.2, 0.25) is 5.91 Å². The van der Waals surface area contributed by atoms with Crippen molar-refractivity contribution >= 4 is 5.91 Å². The van der Waals surface area contributed by atoms with Gasteiger partial charge in [0.25, 0.3) is 0 Å². The maximum absolute atomic E-state index is 12.3. The molecule has 1 amide bonds. The molecule has 4 nitrogen and oxygen atoms in total. The minimum Gasteiger partial charge on any atom is -0.347 e. The number of aromatic nitrogens is 2. The Labute approximate surface area is 125 Å². The van der Waals surface area contributed by atoms with Crippen LogP contribution in [0.3, 0.4) is 0 Å². The molecule has 4 heteroatoms. The van der Waals surface area contributed by atoms with Crippen LogP contribution in [0.25, 0.3) is 0 Å². The van der Waals surface area contributed by atoms with E-state index in [9.17, 15) is 4.79 Å². The quantitative estimate of drug-likeness (QED) is 0.917. The Morgan fingerprint density at radius 2 is 2.10 bits per heavy atom. The minimum atomic E-state index is -0.140. The van der Waals surface area contributed by atoms with Crippen molar-refractivity contribution in [3.63, 3.8) is 0 Å². The smallest absolute Gasteiger partial charge is 0.222 e. The average Bonchev–Trinajstić information content (AvgIpc) is 2.87. The van der Waals surface area contributed by atoms with Gasteiger partial charge in [-0.05, 0) is 37.3 Å². The van der Waals surface area contributed by atoms with Crippen LogP contribution in [0.15, 0.2) is 42.7 Å². The van der Waals surface area contributed by atoms with Crippen molar-refractivity contribution < 1.29 is 4.79 Å². The summed E-state index contributed by atoms with van der Waals surface area (Å²) in [5, 5.41) is 7.46. The summed E-state index contributed by atoms with van der Waals surface area (Å²) in [7, 11) is 0. The van der Waals surface area contributed by atoms with Crippen LogP contribution in [0.4, 0.5) is 0 Å². The van der Waals surface area contributed by atoms with Crippen LogP contribution in [0.1, 0.15) is 36.8 Å². The number of benzene rings is 1. The first-order chi connectivity index (χ1) is 10.2. The van der Waals surface area contributed by atoms with Crippen molar-refractivity contribution in [1.82, 2.24) is 15.1 Å². The van der Waals surface area contributed by atoms with E-state index in [1.54, 1.807) is 0 Å². The molecule has 21 heavy (non-hydrogen) atoms. The minimum absolute atomic E-state index is 0.103. The Morgan fingerprint density at radius 3 is 2.67 bits per heavy atom. The second kappa shape index (κ2) is 5.72. The van der Waals surface area contributed by atoms with Crippen molar-refractivity contribution in [3.8, 4) is 0 Å². The third kappa shape index (κ3) is 2.99. The first-order valence-corrected chi connectivity index (χ1v) is 7.54. The maximum atomic E-state index is 12.3. The Balaban J connectivity index is 1.60. The molecule has 0 radical (unpaired) electrons. The van der Waals surface area contributed by atoms with Gasteiger partial charge in [-0.2, -0.15) is 5.10 Å². The molecular weight excluding hydrogens is 262 g/mol. The Kier molecular flexibility index (Phi) is 3.78. The van der Waals surface area contributed by atoms with Gasteiger partial charge in [-0.3, -0.25) is 9.48 Å². The van der Waals surface area contributed by atoms with Gasteiger partial charge < -0.3 is 5.32 Å². The number of nitrogens with one attached hydrogen (secondary N) is 1. The van der Waals surface area contributed by atoms with Crippen LogP contribution in [-0.2, 0) is 16.9 Å². The summed E-state index contributed by atoms with van der Waals surface area (Å²) in [6.45, 7) is 2.63. The fourth-order valence-electron chi connectivity index (χ4n) is 2.91. The summed E-state index contributed by atoms with van der Waals surface area (Å²) in [6.07, 6.45) is 7.48. The van der Waals surface area contributed by atoms with Crippen LogP contribution in [0.5, 0.6) is 0 Å². The molecule has 2 aromatic rings. The summed E-state index contributed by atoms with van der Waals surface area (Å²) >= 11 is 0. The summed E-state index contributed by atoms with van der Waals surface area (Å²) in [6, 6.07) is 10.3. The molecular formula is C17H21N3O. The molecule has 1 saturated carbocycles. The van der Waals surface area contributed by atoms with Crippen LogP contribution < -0.4 is 5.32 Å². The van der Waals surface area contributed by atoms with Crippen LogP contribution in [-0.4, -0.2) is 15.7 Å². The zero-order chi connectivity index (χ0) is 14.7. The molecule has 0 bridgehead atoms. The second-order valence-electron chi connectivity index (χ2n) is 5.88. The third-order valence-electron chi connectivity index (χ3n) is 4.24. The van der Waals surface area contributed by atoms with Crippen LogP contribution in [0.2, 0.25) is 0 Å². The van der Waals surface area contributed by atoms with Crippen molar-refractivity contribution in [3.05, 3.63) is 53.9 Å². The van der Waals surface area contributed by atoms with E-state index in [1.807, 2.05) is 42.2 Å². The maximum Gasteiger partial charge on any atom is 0.222 e. The zero-order valence-corrected chi connectivity index (χ0v) is 12.4. The van der Waals surface area contributed by atoms with Gasteiger partial charge in [0.05, 0.1) is 11.7 Å². The Hall–Kier alpha value is -2.10.